The third-order valence-electron chi connectivity index (χ3n) is 3.53. The van der Waals surface area contributed by atoms with Crippen LogP contribution in [0.5, 0.6) is 0 Å². The summed E-state index contributed by atoms with van der Waals surface area (Å²) in [5.41, 5.74) is 0.472. The van der Waals surface area contributed by atoms with Gasteiger partial charge in [0.1, 0.15) is 5.69 Å². The summed E-state index contributed by atoms with van der Waals surface area (Å²) in [6.45, 7) is 0.00408. The fourth-order valence-corrected chi connectivity index (χ4v) is 3.27. The summed E-state index contributed by atoms with van der Waals surface area (Å²) in [5.74, 6) is -0.872. The summed E-state index contributed by atoms with van der Waals surface area (Å²) < 4.78 is 0. The van der Waals surface area contributed by atoms with Crippen LogP contribution in [0.25, 0.3) is 0 Å². The number of hydrogen-bond acceptors (Lipinski definition) is 6. The lowest BCUT2D eigenvalue weighted by Gasteiger charge is -2.12. The molecule has 0 fully saturated rings. The SMILES string of the molecule is O=C(Nc1ccccc1)c1n[nH]c2c1C(=O)C(SCCCO)=CC2=O. The second-order valence-electron chi connectivity index (χ2n) is 5.27. The van der Waals surface area contributed by atoms with Gasteiger partial charge in [0, 0.05) is 24.1 Å². The van der Waals surface area contributed by atoms with E-state index in [9.17, 15) is 14.4 Å². The van der Waals surface area contributed by atoms with Crippen molar-refractivity contribution in [2.75, 3.05) is 17.7 Å². The quantitative estimate of drug-likeness (QED) is 0.682. The first-order valence-electron chi connectivity index (χ1n) is 7.61. The Hall–Kier alpha value is -2.71. The van der Waals surface area contributed by atoms with Gasteiger partial charge in [-0.2, -0.15) is 5.10 Å². The molecule has 0 aliphatic heterocycles. The van der Waals surface area contributed by atoms with Crippen molar-refractivity contribution in [1.29, 1.82) is 0 Å². The number of benzene rings is 1. The van der Waals surface area contributed by atoms with Crippen LogP contribution in [0.1, 0.15) is 37.8 Å². The predicted octanol–water partition coefficient (Wildman–Crippen LogP) is 2.04. The fraction of sp³-hybridized carbons (Fsp3) is 0.176. The maximum atomic E-state index is 12.7. The summed E-state index contributed by atoms with van der Waals surface area (Å²) in [7, 11) is 0. The minimum absolute atomic E-state index is 0.00408. The van der Waals surface area contributed by atoms with Gasteiger partial charge in [0.15, 0.2) is 5.69 Å². The van der Waals surface area contributed by atoms with Gasteiger partial charge in [0.2, 0.25) is 11.6 Å². The standard InChI is InChI=1S/C17H15N3O4S/c21-7-4-8-25-12-9-11(22)14-13(16(12)23)15(20-19-14)17(24)18-10-5-2-1-3-6-10/h1-3,5-6,9,21H,4,7-8H2,(H,18,24)(H,19,20). The van der Waals surface area contributed by atoms with Crippen LogP contribution < -0.4 is 5.32 Å². The topological polar surface area (TPSA) is 112 Å². The van der Waals surface area contributed by atoms with Crippen molar-refractivity contribution < 1.29 is 19.5 Å². The number of anilines is 1. The number of rotatable bonds is 6. The van der Waals surface area contributed by atoms with Crippen molar-refractivity contribution in [3.05, 3.63) is 58.3 Å². The second-order valence-corrected chi connectivity index (χ2v) is 6.41. The monoisotopic (exact) mass is 357 g/mol. The number of aromatic amines is 1. The molecule has 0 bridgehead atoms. The third kappa shape index (κ3) is 3.54. The minimum Gasteiger partial charge on any atom is -0.396 e. The normalized spacial score (nSPS) is 13.4. The van der Waals surface area contributed by atoms with Gasteiger partial charge in [-0.05, 0) is 18.6 Å². The van der Waals surface area contributed by atoms with Gasteiger partial charge in [-0.3, -0.25) is 19.5 Å². The van der Waals surface area contributed by atoms with Crippen LogP contribution in [0.15, 0.2) is 41.3 Å². The van der Waals surface area contributed by atoms with Gasteiger partial charge >= 0.3 is 0 Å². The van der Waals surface area contributed by atoms with E-state index >= 15 is 0 Å². The number of thioether (sulfide) groups is 1. The van der Waals surface area contributed by atoms with Gasteiger partial charge in [0.25, 0.3) is 5.91 Å². The highest BCUT2D eigenvalue weighted by molar-refractivity contribution is 8.04. The molecule has 0 saturated heterocycles. The number of carbonyl (C=O) groups is 3. The molecule has 3 N–H and O–H groups in total. The number of aliphatic hydroxyl groups is 1. The lowest BCUT2D eigenvalue weighted by atomic mass is 9.99. The van der Waals surface area contributed by atoms with Crippen molar-refractivity contribution in [3.63, 3.8) is 0 Å². The molecule has 1 heterocycles. The Morgan fingerprint density at radius 3 is 2.72 bits per heavy atom. The van der Waals surface area contributed by atoms with Gasteiger partial charge in [-0.1, -0.05) is 18.2 Å². The van der Waals surface area contributed by atoms with Gasteiger partial charge in [0.05, 0.1) is 10.5 Å². The Labute approximate surface area is 147 Å². The number of allylic oxidation sites excluding steroid dienone is 2. The van der Waals surface area contributed by atoms with Crippen LogP contribution in [-0.2, 0) is 0 Å². The summed E-state index contributed by atoms with van der Waals surface area (Å²) in [6, 6.07) is 8.76. The Morgan fingerprint density at radius 1 is 1.24 bits per heavy atom. The van der Waals surface area contributed by atoms with E-state index in [1.165, 1.54) is 17.8 Å². The van der Waals surface area contributed by atoms with E-state index in [0.717, 1.165) is 0 Å². The fourth-order valence-electron chi connectivity index (χ4n) is 2.35. The maximum absolute atomic E-state index is 12.7. The molecule has 1 aliphatic carbocycles. The molecule has 1 amide bonds. The molecule has 0 saturated carbocycles. The first-order valence-corrected chi connectivity index (χ1v) is 8.59. The molecule has 0 radical (unpaired) electrons. The van der Waals surface area contributed by atoms with Crippen LogP contribution in [0.2, 0.25) is 0 Å². The highest BCUT2D eigenvalue weighted by Crippen LogP contribution is 2.29. The number of carbonyl (C=O) groups excluding carboxylic acids is 3. The molecule has 1 aliphatic rings. The molecule has 0 unspecified atom stereocenters. The molecular formula is C17H15N3O4S. The van der Waals surface area contributed by atoms with Crippen LogP contribution in [0.3, 0.4) is 0 Å². The van der Waals surface area contributed by atoms with Crippen LogP contribution in [-0.4, -0.2) is 45.1 Å². The summed E-state index contributed by atoms with van der Waals surface area (Å²) in [5, 5.41) is 17.8. The van der Waals surface area contributed by atoms with Crippen molar-refractivity contribution >= 4 is 34.9 Å². The summed E-state index contributed by atoms with van der Waals surface area (Å²) >= 11 is 1.18. The van der Waals surface area contributed by atoms with Gasteiger partial charge in [-0.15, -0.1) is 11.8 Å². The summed E-state index contributed by atoms with van der Waals surface area (Å²) in [6.07, 6.45) is 1.74. The second kappa shape index (κ2) is 7.45. The predicted molar refractivity (Wildman–Crippen MR) is 93.9 cm³/mol. The van der Waals surface area contributed by atoms with Crippen LogP contribution >= 0.6 is 11.8 Å². The number of Topliss-reactive ketones (excluding diaryl/α,β-unsaturated/α-hetero) is 1. The Balaban J connectivity index is 1.86. The lowest BCUT2D eigenvalue weighted by molar-refractivity contribution is 0.0979. The number of amides is 1. The van der Waals surface area contributed by atoms with Crippen LogP contribution in [0, 0.1) is 0 Å². The minimum atomic E-state index is -0.563. The van der Waals surface area contributed by atoms with Crippen molar-refractivity contribution in [3.8, 4) is 0 Å². The molecule has 0 spiro atoms. The third-order valence-corrected chi connectivity index (χ3v) is 4.64. The maximum Gasteiger partial charge on any atom is 0.276 e. The Morgan fingerprint density at radius 2 is 2.00 bits per heavy atom. The molecular weight excluding hydrogens is 342 g/mol. The molecule has 3 rings (SSSR count). The van der Waals surface area contributed by atoms with E-state index in [4.69, 9.17) is 5.11 Å². The van der Waals surface area contributed by atoms with Crippen molar-refractivity contribution in [2.45, 2.75) is 6.42 Å². The molecule has 128 valence electrons. The average molecular weight is 357 g/mol. The molecule has 25 heavy (non-hydrogen) atoms. The number of aliphatic hydroxyl groups excluding tert-OH is 1. The molecule has 7 nitrogen and oxygen atoms in total. The molecule has 0 atom stereocenters. The smallest absolute Gasteiger partial charge is 0.276 e. The lowest BCUT2D eigenvalue weighted by Crippen LogP contribution is -2.20. The summed E-state index contributed by atoms with van der Waals surface area (Å²) in [4.78, 5) is 37.5. The number of nitrogens with one attached hydrogen (secondary N) is 2. The number of hydrogen-bond donors (Lipinski definition) is 3. The highest BCUT2D eigenvalue weighted by atomic mass is 32.2. The zero-order valence-corrected chi connectivity index (χ0v) is 13.9. The van der Waals surface area contributed by atoms with Crippen LogP contribution in [0.4, 0.5) is 5.69 Å². The molecule has 1 aromatic heterocycles. The van der Waals surface area contributed by atoms with E-state index in [1.54, 1.807) is 24.3 Å². The zero-order valence-electron chi connectivity index (χ0n) is 13.1. The zero-order chi connectivity index (χ0) is 17.8. The number of fused-ring (bicyclic) bond motifs is 1. The van der Waals surface area contributed by atoms with E-state index in [0.29, 0.717) is 17.9 Å². The van der Waals surface area contributed by atoms with E-state index < -0.39 is 17.5 Å². The molecule has 2 aromatic rings. The number of para-hydroxylation sites is 1. The number of ketones is 2. The van der Waals surface area contributed by atoms with E-state index in [1.807, 2.05) is 6.07 Å². The average Bonchev–Trinajstić information content (AvgIpc) is 3.06. The van der Waals surface area contributed by atoms with E-state index in [-0.39, 0.29) is 28.5 Å². The first kappa shape index (κ1) is 17.1. The number of H-pyrrole nitrogens is 1. The molecule has 1 aromatic carbocycles. The van der Waals surface area contributed by atoms with Gasteiger partial charge in [-0.25, -0.2) is 0 Å². The Bertz CT molecular complexity index is 858. The number of aromatic nitrogens is 2. The first-order chi connectivity index (χ1) is 12.1. The van der Waals surface area contributed by atoms with E-state index in [2.05, 4.69) is 15.5 Å². The van der Waals surface area contributed by atoms with Crippen molar-refractivity contribution in [2.24, 2.45) is 0 Å². The molecule has 8 heteroatoms. The van der Waals surface area contributed by atoms with Gasteiger partial charge < -0.3 is 10.4 Å². The largest absolute Gasteiger partial charge is 0.396 e. The van der Waals surface area contributed by atoms with Crippen molar-refractivity contribution in [1.82, 2.24) is 10.2 Å². The highest BCUT2D eigenvalue weighted by Gasteiger charge is 2.33. The number of nitrogens with zero attached hydrogens (tertiary/aromatic N) is 1. The Kier molecular flexibility index (Phi) is 5.11.